The zero-order chi connectivity index (χ0) is 8.10. The lowest BCUT2D eigenvalue weighted by Gasteiger charge is -2.12. The second-order valence-electron chi connectivity index (χ2n) is 3.13. The Morgan fingerprint density at radius 3 is 3.09 bits per heavy atom. The van der Waals surface area contributed by atoms with Crippen LogP contribution < -0.4 is 0 Å². The standard InChI is InChI=1S/C10H16O/c1-2-3-5-9-6-4-7-10(11)8-9/h4,7-9,11H,2-3,5-6H2,1H3. The van der Waals surface area contributed by atoms with Gasteiger partial charge in [0.25, 0.3) is 0 Å². The van der Waals surface area contributed by atoms with Crippen LogP contribution in [0, 0.1) is 5.92 Å². The van der Waals surface area contributed by atoms with Gasteiger partial charge in [0.05, 0.1) is 0 Å². The summed E-state index contributed by atoms with van der Waals surface area (Å²) in [5.74, 6) is 1.03. The normalized spacial score (nSPS) is 23.4. The van der Waals surface area contributed by atoms with E-state index in [1.165, 1.54) is 19.3 Å². The monoisotopic (exact) mass is 152 g/mol. The van der Waals surface area contributed by atoms with Crippen LogP contribution in [0.1, 0.15) is 32.6 Å². The highest BCUT2D eigenvalue weighted by Gasteiger charge is 2.07. The van der Waals surface area contributed by atoms with E-state index >= 15 is 0 Å². The Bertz CT molecular complexity index is 168. The number of aliphatic hydroxyl groups excluding tert-OH is 1. The average molecular weight is 152 g/mol. The maximum atomic E-state index is 9.15. The second-order valence-corrected chi connectivity index (χ2v) is 3.13. The quantitative estimate of drug-likeness (QED) is 0.658. The largest absolute Gasteiger partial charge is 0.508 e. The first-order valence-corrected chi connectivity index (χ1v) is 4.40. The maximum Gasteiger partial charge on any atom is 0.111 e. The predicted molar refractivity (Wildman–Crippen MR) is 47.5 cm³/mol. The molecular formula is C10H16O. The van der Waals surface area contributed by atoms with E-state index in [0.717, 1.165) is 6.42 Å². The lowest BCUT2D eigenvalue weighted by Crippen LogP contribution is -1.99. The third-order valence-electron chi connectivity index (χ3n) is 2.06. The molecule has 0 aromatic rings. The van der Waals surface area contributed by atoms with Gasteiger partial charge in [0.2, 0.25) is 0 Å². The van der Waals surface area contributed by atoms with Crippen molar-refractivity contribution in [2.24, 2.45) is 5.92 Å². The Balaban J connectivity index is 2.31. The van der Waals surface area contributed by atoms with Crippen molar-refractivity contribution < 1.29 is 5.11 Å². The van der Waals surface area contributed by atoms with Crippen LogP contribution >= 0.6 is 0 Å². The van der Waals surface area contributed by atoms with E-state index in [4.69, 9.17) is 5.11 Å². The molecule has 11 heavy (non-hydrogen) atoms. The van der Waals surface area contributed by atoms with E-state index in [1.54, 1.807) is 6.08 Å². The molecule has 1 N–H and O–H groups in total. The minimum absolute atomic E-state index is 0.442. The molecule has 1 aliphatic rings. The summed E-state index contributed by atoms with van der Waals surface area (Å²) in [6, 6.07) is 0. The van der Waals surface area contributed by atoms with Gasteiger partial charge in [0, 0.05) is 0 Å². The Morgan fingerprint density at radius 2 is 2.45 bits per heavy atom. The topological polar surface area (TPSA) is 20.2 Å². The highest BCUT2D eigenvalue weighted by Crippen LogP contribution is 2.20. The molecule has 0 aromatic carbocycles. The van der Waals surface area contributed by atoms with Crippen LogP contribution in [-0.4, -0.2) is 5.11 Å². The van der Waals surface area contributed by atoms with Gasteiger partial charge in [-0.3, -0.25) is 0 Å². The van der Waals surface area contributed by atoms with Gasteiger partial charge in [0.15, 0.2) is 0 Å². The van der Waals surface area contributed by atoms with Crippen molar-refractivity contribution in [1.29, 1.82) is 0 Å². The minimum atomic E-state index is 0.442. The van der Waals surface area contributed by atoms with E-state index < -0.39 is 0 Å². The second kappa shape index (κ2) is 4.22. The fourth-order valence-corrected chi connectivity index (χ4v) is 1.40. The van der Waals surface area contributed by atoms with Crippen LogP contribution in [0.2, 0.25) is 0 Å². The predicted octanol–water partition coefficient (Wildman–Crippen LogP) is 3.19. The molecule has 0 spiro atoms. The smallest absolute Gasteiger partial charge is 0.111 e. The molecule has 1 nitrogen and oxygen atoms in total. The zero-order valence-corrected chi connectivity index (χ0v) is 7.09. The zero-order valence-electron chi connectivity index (χ0n) is 7.09. The van der Waals surface area contributed by atoms with Gasteiger partial charge in [-0.15, -0.1) is 0 Å². The van der Waals surface area contributed by atoms with Crippen molar-refractivity contribution in [3.05, 3.63) is 24.0 Å². The molecule has 1 atom stereocenters. The molecule has 1 heteroatoms. The average Bonchev–Trinajstić information content (AvgIpc) is 2.01. The molecular weight excluding hydrogens is 136 g/mol. The molecule has 62 valence electrons. The minimum Gasteiger partial charge on any atom is -0.508 e. The Labute approximate surface area is 68.4 Å². The van der Waals surface area contributed by atoms with Crippen molar-refractivity contribution in [2.75, 3.05) is 0 Å². The van der Waals surface area contributed by atoms with Crippen LogP contribution in [0.4, 0.5) is 0 Å². The molecule has 0 amide bonds. The maximum absolute atomic E-state index is 9.15. The molecule has 0 saturated carbocycles. The molecule has 1 rings (SSSR count). The first kappa shape index (κ1) is 8.38. The van der Waals surface area contributed by atoms with Gasteiger partial charge >= 0.3 is 0 Å². The highest BCUT2D eigenvalue weighted by atomic mass is 16.3. The fraction of sp³-hybridized carbons (Fsp3) is 0.600. The van der Waals surface area contributed by atoms with Crippen molar-refractivity contribution >= 4 is 0 Å². The summed E-state index contributed by atoms with van der Waals surface area (Å²) in [4.78, 5) is 0. The molecule has 1 unspecified atom stereocenters. The molecule has 0 fully saturated rings. The summed E-state index contributed by atoms with van der Waals surface area (Å²) in [6.45, 7) is 2.20. The van der Waals surface area contributed by atoms with E-state index in [2.05, 4.69) is 13.0 Å². The molecule has 0 heterocycles. The van der Waals surface area contributed by atoms with Gasteiger partial charge in [-0.25, -0.2) is 0 Å². The van der Waals surface area contributed by atoms with E-state index in [-0.39, 0.29) is 0 Å². The SMILES string of the molecule is CCCCC1C=C(O)C=CC1. The Morgan fingerprint density at radius 1 is 1.64 bits per heavy atom. The van der Waals surface area contributed by atoms with Gasteiger partial charge in [0.1, 0.15) is 5.76 Å². The van der Waals surface area contributed by atoms with Gasteiger partial charge in [-0.2, -0.15) is 0 Å². The van der Waals surface area contributed by atoms with Gasteiger partial charge in [-0.1, -0.05) is 25.8 Å². The van der Waals surface area contributed by atoms with Crippen LogP contribution in [0.3, 0.4) is 0 Å². The van der Waals surface area contributed by atoms with Crippen LogP contribution in [0.15, 0.2) is 24.0 Å². The third-order valence-corrected chi connectivity index (χ3v) is 2.06. The first-order valence-electron chi connectivity index (χ1n) is 4.40. The molecule has 0 aliphatic heterocycles. The first-order chi connectivity index (χ1) is 5.33. The lowest BCUT2D eigenvalue weighted by atomic mass is 9.94. The molecule has 0 radical (unpaired) electrons. The van der Waals surface area contributed by atoms with E-state index in [9.17, 15) is 0 Å². The van der Waals surface area contributed by atoms with Crippen molar-refractivity contribution in [3.63, 3.8) is 0 Å². The number of allylic oxidation sites excluding steroid dienone is 3. The summed E-state index contributed by atoms with van der Waals surface area (Å²) < 4.78 is 0. The Hall–Kier alpha value is -0.720. The third kappa shape index (κ3) is 2.79. The summed E-state index contributed by atoms with van der Waals surface area (Å²) in [6.07, 6.45) is 10.6. The highest BCUT2D eigenvalue weighted by molar-refractivity contribution is 5.16. The van der Waals surface area contributed by atoms with Gasteiger partial charge < -0.3 is 5.11 Å². The fourth-order valence-electron chi connectivity index (χ4n) is 1.40. The van der Waals surface area contributed by atoms with Crippen molar-refractivity contribution in [2.45, 2.75) is 32.6 Å². The van der Waals surface area contributed by atoms with Gasteiger partial charge in [-0.05, 0) is 30.9 Å². The molecule has 0 aromatic heterocycles. The number of unbranched alkanes of at least 4 members (excludes halogenated alkanes) is 1. The summed E-state index contributed by atoms with van der Waals surface area (Å²) in [5.41, 5.74) is 0. The lowest BCUT2D eigenvalue weighted by molar-refractivity contribution is 0.411. The number of aliphatic hydroxyl groups is 1. The molecule has 0 bridgehead atoms. The van der Waals surface area contributed by atoms with Crippen molar-refractivity contribution in [1.82, 2.24) is 0 Å². The van der Waals surface area contributed by atoms with Crippen LogP contribution in [0.5, 0.6) is 0 Å². The van der Waals surface area contributed by atoms with E-state index in [1.807, 2.05) is 6.08 Å². The molecule has 0 saturated heterocycles. The molecule has 1 aliphatic carbocycles. The van der Waals surface area contributed by atoms with E-state index in [0.29, 0.717) is 11.7 Å². The van der Waals surface area contributed by atoms with Crippen LogP contribution in [-0.2, 0) is 0 Å². The van der Waals surface area contributed by atoms with Crippen LogP contribution in [0.25, 0.3) is 0 Å². The summed E-state index contributed by atoms with van der Waals surface area (Å²) in [7, 11) is 0. The summed E-state index contributed by atoms with van der Waals surface area (Å²) in [5, 5.41) is 9.15. The van der Waals surface area contributed by atoms with Crippen molar-refractivity contribution in [3.8, 4) is 0 Å². The number of rotatable bonds is 3. The Kier molecular flexibility index (Phi) is 3.21. The number of hydrogen-bond donors (Lipinski definition) is 1. The number of hydrogen-bond acceptors (Lipinski definition) is 1. The summed E-state index contributed by atoms with van der Waals surface area (Å²) >= 11 is 0.